The van der Waals surface area contributed by atoms with E-state index in [4.69, 9.17) is 11.6 Å². The lowest BCUT2D eigenvalue weighted by atomic mass is 10.00. The van der Waals surface area contributed by atoms with E-state index in [-0.39, 0.29) is 0 Å². The molecule has 0 aliphatic carbocycles. The molecule has 1 unspecified atom stereocenters. The van der Waals surface area contributed by atoms with Crippen molar-refractivity contribution in [3.8, 4) is 0 Å². The summed E-state index contributed by atoms with van der Waals surface area (Å²) in [5.74, 6) is 1.23. The molecule has 2 aromatic carbocycles. The number of anilines is 1. The highest BCUT2D eigenvalue weighted by Crippen LogP contribution is 2.37. The molecule has 4 heteroatoms. The highest BCUT2D eigenvalue weighted by Gasteiger charge is 2.53. The van der Waals surface area contributed by atoms with Crippen molar-refractivity contribution in [2.45, 2.75) is 31.4 Å². The van der Waals surface area contributed by atoms with Gasteiger partial charge in [-0.3, -0.25) is 4.58 Å². The van der Waals surface area contributed by atoms with E-state index in [9.17, 15) is 5.11 Å². The number of hydrogen-bond acceptors (Lipinski definition) is 2. The second-order valence-corrected chi connectivity index (χ2v) is 7.08. The lowest BCUT2D eigenvalue weighted by molar-refractivity contribution is -0.534. The van der Waals surface area contributed by atoms with Crippen LogP contribution < -0.4 is 4.90 Å². The Hall–Kier alpha value is -1.84. The second-order valence-electron chi connectivity index (χ2n) is 6.64. The maximum Gasteiger partial charge on any atom is 0.275 e. The highest BCUT2D eigenvalue weighted by atomic mass is 35.5. The van der Waals surface area contributed by atoms with Crippen LogP contribution in [0.5, 0.6) is 0 Å². The Balaban J connectivity index is 1.83. The summed E-state index contributed by atoms with van der Waals surface area (Å²) in [7, 11) is 0. The Morgan fingerprint density at radius 1 is 0.958 bits per heavy atom. The van der Waals surface area contributed by atoms with Crippen LogP contribution in [-0.2, 0) is 5.72 Å². The van der Waals surface area contributed by atoms with E-state index in [0.29, 0.717) is 11.6 Å². The molecule has 0 saturated carbocycles. The largest absolute Gasteiger partial charge is 0.346 e. The monoisotopic (exact) mass is 341 g/mol. The van der Waals surface area contributed by atoms with E-state index >= 15 is 0 Å². The van der Waals surface area contributed by atoms with Crippen LogP contribution in [0.3, 0.4) is 0 Å². The fraction of sp³-hybridized carbons (Fsp3) is 0.350. The maximum absolute atomic E-state index is 11.7. The first-order valence-corrected chi connectivity index (χ1v) is 9.01. The van der Waals surface area contributed by atoms with E-state index in [2.05, 4.69) is 21.6 Å². The molecule has 24 heavy (non-hydrogen) atoms. The molecule has 0 spiro atoms. The summed E-state index contributed by atoms with van der Waals surface area (Å²) in [6.45, 7) is 1.60. The molecule has 1 N–H and O–H groups in total. The second kappa shape index (κ2) is 6.23. The van der Waals surface area contributed by atoms with Crippen LogP contribution in [0, 0.1) is 0 Å². The molecule has 4 rings (SSSR count). The predicted molar refractivity (Wildman–Crippen MR) is 97.7 cm³/mol. The SMILES string of the molecule is OC1(c2ccc(Cl)cc2)C[N+]2=C(CCCCC2)N1c1ccccc1. The number of nitrogens with zero attached hydrogens (tertiary/aromatic N) is 2. The zero-order chi connectivity index (χ0) is 16.6. The first kappa shape index (κ1) is 15.7. The van der Waals surface area contributed by atoms with Gasteiger partial charge in [0.2, 0.25) is 0 Å². The summed E-state index contributed by atoms with van der Waals surface area (Å²) >= 11 is 6.05. The summed E-state index contributed by atoms with van der Waals surface area (Å²) < 4.78 is 2.36. The number of rotatable bonds is 2. The molecule has 0 amide bonds. The van der Waals surface area contributed by atoms with E-state index in [1.54, 1.807) is 0 Å². The quantitative estimate of drug-likeness (QED) is 0.836. The third-order valence-corrected chi connectivity index (χ3v) is 5.31. The minimum atomic E-state index is -1.06. The van der Waals surface area contributed by atoms with E-state index in [1.165, 1.54) is 25.1 Å². The van der Waals surface area contributed by atoms with Crippen molar-refractivity contribution in [1.29, 1.82) is 0 Å². The summed E-state index contributed by atoms with van der Waals surface area (Å²) in [4.78, 5) is 2.13. The molecule has 0 saturated heterocycles. The van der Waals surface area contributed by atoms with Crippen molar-refractivity contribution < 1.29 is 9.68 Å². The molecule has 2 aliphatic heterocycles. The van der Waals surface area contributed by atoms with Gasteiger partial charge >= 0.3 is 0 Å². The van der Waals surface area contributed by atoms with Crippen molar-refractivity contribution in [2.24, 2.45) is 0 Å². The Morgan fingerprint density at radius 3 is 2.46 bits per heavy atom. The minimum Gasteiger partial charge on any atom is -0.346 e. The summed E-state index contributed by atoms with van der Waals surface area (Å²) in [6.07, 6.45) is 4.61. The van der Waals surface area contributed by atoms with Gasteiger partial charge in [0, 0.05) is 17.0 Å². The van der Waals surface area contributed by atoms with E-state index < -0.39 is 5.72 Å². The van der Waals surface area contributed by atoms with Gasteiger partial charge in [0.1, 0.15) is 5.69 Å². The topological polar surface area (TPSA) is 26.5 Å². The number of amidine groups is 1. The van der Waals surface area contributed by atoms with Gasteiger partial charge < -0.3 is 5.11 Å². The molecule has 0 fully saturated rings. The number of benzene rings is 2. The van der Waals surface area contributed by atoms with Crippen LogP contribution in [0.15, 0.2) is 54.6 Å². The van der Waals surface area contributed by atoms with Gasteiger partial charge in [0.05, 0.1) is 6.54 Å². The highest BCUT2D eigenvalue weighted by molar-refractivity contribution is 6.30. The van der Waals surface area contributed by atoms with Crippen LogP contribution in [0.4, 0.5) is 5.69 Å². The van der Waals surface area contributed by atoms with Gasteiger partial charge in [0.25, 0.3) is 11.6 Å². The van der Waals surface area contributed by atoms with Crippen LogP contribution >= 0.6 is 11.6 Å². The van der Waals surface area contributed by atoms with E-state index in [0.717, 1.165) is 24.2 Å². The number of aliphatic hydroxyl groups is 1. The van der Waals surface area contributed by atoms with Crippen molar-refractivity contribution in [3.05, 3.63) is 65.2 Å². The molecule has 1 atom stereocenters. The predicted octanol–water partition coefficient (Wildman–Crippen LogP) is 3.99. The third-order valence-electron chi connectivity index (χ3n) is 5.05. The molecular formula is C20H22ClN2O+. The molecule has 124 valence electrons. The average Bonchev–Trinajstić information content (AvgIpc) is 2.73. The molecule has 2 aliphatic rings. The van der Waals surface area contributed by atoms with Crippen LogP contribution in [0.2, 0.25) is 5.02 Å². The molecule has 2 aromatic rings. The lowest BCUT2D eigenvalue weighted by Gasteiger charge is -2.29. The molecule has 2 heterocycles. The first-order chi connectivity index (χ1) is 11.7. The molecular weight excluding hydrogens is 320 g/mol. The number of para-hydroxylation sites is 1. The molecule has 0 bridgehead atoms. The molecule has 0 aromatic heterocycles. The van der Waals surface area contributed by atoms with Gasteiger partial charge in [-0.1, -0.05) is 41.9 Å². The fourth-order valence-electron chi connectivity index (χ4n) is 3.90. The Labute approximate surface area is 147 Å². The van der Waals surface area contributed by atoms with Gasteiger partial charge in [-0.25, -0.2) is 0 Å². The van der Waals surface area contributed by atoms with Crippen LogP contribution in [0.1, 0.15) is 31.2 Å². The minimum absolute atomic E-state index is 0.596. The number of hydrogen-bond donors (Lipinski definition) is 1. The zero-order valence-electron chi connectivity index (χ0n) is 13.7. The van der Waals surface area contributed by atoms with Crippen LogP contribution in [-0.4, -0.2) is 28.6 Å². The summed E-state index contributed by atoms with van der Waals surface area (Å²) in [5.41, 5.74) is 0.865. The Kier molecular flexibility index (Phi) is 4.07. The number of halogens is 1. The summed E-state index contributed by atoms with van der Waals surface area (Å²) in [6, 6.07) is 17.8. The normalized spacial score (nSPS) is 24.0. The van der Waals surface area contributed by atoms with Gasteiger partial charge in [-0.2, -0.15) is 4.90 Å². The van der Waals surface area contributed by atoms with Crippen molar-refractivity contribution in [2.75, 3.05) is 18.0 Å². The van der Waals surface area contributed by atoms with Gasteiger partial charge in [-0.15, -0.1) is 0 Å². The fourth-order valence-corrected chi connectivity index (χ4v) is 4.03. The zero-order valence-corrected chi connectivity index (χ0v) is 14.4. The standard InChI is InChI=1S/C20H22ClN2O/c21-17-12-10-16(11-13-17)20(24)15-22-14-6-2-5-9-19(22)23(20)18-7-3-1-4-8-18/h1,3-4,7-8,10-13,24H,2,5-6,9,14-15H2/q+1. The Bertz CT molecular complexity index is 757. The van der Waals surface area contributed by atoms with Gasteiger partial charge in [-0.05, 0) is 43.5 Å². The molecule has 0 radical (unpaired) electrons. The van der Waals surface area contributed by atoms with Crippen LogP contribution in [0.25, 0.3) is 0 Å². The summed E-state index contributed by atoms with van der Waals surface area (Å²) in [5, 5.41) is 12.4. The lowest BCUT2D eigenvalue weighted by Crippen LogP contribution is -2.47. The third kappa shape index (κ3) is 2.62. The maximum atomic E-state index is 11.7. The van der Waals surface area contributed by atoms with Crippen molar-refractivity contribution in [1.82, 2.24) is 0 Å². The Morgan fingerprint density at radius 2 is 1.71 bits per heavy atom. The van der Waals surface area contributed by atoms with E-state index in [1.807, 2.05) is 42.5 Å². The van der Waals surface area contributed by atoms with Crippen molar-refractivity contribution in [3.63, 3.8) is 0 Å². The first-order valence-electron chi connectivity index (χ1n) is 8.63. The average molecular weight is 342 g/mol. The van der Waals surface area contributed by atoms with Gasteiger partial charge in [0.15, 0.2) is 6.54 Å². The smallest absolute Gasteiger partial charge is 0.275 e. The van der Waals surface area contributed by atoms with Crippen molar-refractivity contribution >= 4 is 23.1 Å². The molecule has 3 nitrogen and oxygen atoms in total.